The lowest BCUT2D eigenvalue weighted by Crippen LogP contribution is -2.42. The molecule has 3 aromatic heterocycles. The van der Waals surface area contributed by atoms with Crippen molar-refractivity contribution < 1.29 is 50.1 Å². The first-order valence-electron chi connectivity index (χ1n) is 18.8. The van der Waals surface area contributed by atoms with E-state index < -0.39 is 54.7 Å². The summed E-state index contributed by atoms with van der Waals surface area (Å²) in [4.78, 5) is 41.7. The second-order valence-electron chi connectivity index (χ2n) is 13.8. The third-order valence-corrected chi connectivity index (χ3v) is 9.88. The molecule has 7 rings (SSSR count). The first-order chi connectivity index (χ1) is 28.3. The fourth-order valence-corrected chi connectivity index (χ4v) is 7.02. The molecule has 0 radical (unpaired) electrons. The average Bonchev–Trinajstić information content (AvgIpc) is 3.96. The van der Waals surface area contributed by atoms with Gasteiger partial charge < -0.3 is 29.7 Å². The van der Waals surface area contributed by atoms with Crippen molar-refractivity contribution in [1.82, 2.24) is 44.6 Å². The first kappa shape index (κ1) is 41.3. The Morgan fingerprint density at radius 3 is 2.08 bits per heavy atom. The van der Waals surface area contributed by atoms with E-state index in [0.717, 1.165) is 59.2 Å². The number of benzene rings is 2. The molecule has 2 fully saturated rings. The van der Waals surface area contributed by atoms with Gasteiger partial charge in [0, 0.05) is 25.6 Å². The van der Waals surface area contributed by atoms with Gasteiger partial charge >= 0.3 is 24.3 Å². The fraction of sp³-hybridized carbons (Fsp3) is 0.459. The summed E-state index contributed by atoms with van der Waals surface area (Å²) in [6.45, 7) is 4.90. The van der Waals surface area contributed by atoms with Crippen LogP contribution in [0, 0.1) is 0 Å². The molecule has 5 heterocycles. The highest BCUT2D eigenvalue weighted by molar-refractivity contribution is 5.84. The standard InChI is InChI=1S/C37H39F6N11O5/c1-2-54-50-30(49-51-54)27-26(58-33(55)36(38,39)40)28(59-34(56)37(41,42)43)32(57-27)53-21-46-25-29(47-35(48-31(25)53)44-16-19-52-17-10-5-11-18-52)45-20-24(22-12-6-3-7-13-22)23-14-8-4-9-15-23/h3-4,6-9,12-15,21,24,26-28,32H,2,5,10-11,16-20H2,1H3,(H2,44,45,47,48)/t26-,27-,28+,32+/m0/s1. The minimum absolute atomic E-state index is 0.0701. The molecule has 2 N–H and O–H groups in total. The van der Waals surface area contributed by atoms with Gasteiger partial charge in [-0.25, -0.2) is 14.6 Å². The number of aromatic nitrogens is 8. The lowest BCUT2D eigenvalue weighted by Gasteiger charge is -2.26. The van der Waals surface area contributed by atoms with Crippen LogP contribution in [0.3, 0.4) is 0 Å². The smallest absolute Gasteiger partial charge is 0.448 e. The zero-order valence-corrected chi connectivity index (χ0v) is 31.4. The number of ether oxygens (including phenoxy) is 3. The molecule has 0 saturated carbocycles. The molecular formula is C37H39F6N11O5. The summed E-state index contributed by atoms with van der Waals surface area (Å²) < 4.78 is 98.6. The normalized spacial score (nSPS) is 20.2. The van der Waals surface area contributed by atoms with Gasteiger partial charge in [0.05, 0.1) is 12.9 Å². The summed E-state index contributed by atoms with van der Waals surface area (Å²) in [6.07, 6.45) is -15.4. The van der Waals surface area contributed by atoms with Crippen LogP contribution in [-0.4, -0.2) is 114 Å². The number of aryl methyl sites for hydroxylation is 1. The van der Waals surface area contributed by atoms with Crippen molar-refractivity contribution in [2.24, 2.45) is 0 Å². The summed E-state index contributed by atoms with van der Waals surface area (Å²) in [5, 5.41) is 18.1. The predicted molar refractivity (Wildman–Crippen MR) is 196 cm³/mol. The monoisotopic (exact) mass is 831 g/mol. The van der Waals surface area contributed by atoms with Crippen LogP contribution >= 0.6 is 0 Å². The van der Waals surface area contributed by atoms with Gasteiger partial charge in [0.15, 0.2) is 41.5 Å². The van der Waals surface area contributed by atoms with Gasteiger partial charge in [0.2, 0.25) is 11.8 Å². The van der Waals surface area contributed by atoms with E-state index in [0.29, 0.717) is 13.1 Å². The number of likely N-dealkylation sites (tertiary alicyclic amines) is 1. The molecule has 59 heavy (non-hydrogen) atoms. The number of nitrogens with zero attached hydrogens (tertiary/aromatic N) is 9. The number of esters is 2. The topological polar surface area (TPSA) is 176 Å². The number of fused-ring (bicyclic) bond motifs is 1. The van der Waals surface area contributed by atoms with Crippen molar-refractivity contribution in [3.63, 3.8) is 0 Å². The molecule has 0 aliphatic carbocycles. The van der Waals surface area contributed by atoms with E-state index in [1.807, 2.05) is 60.7 Å². The lowest BCUT2D eigenvalue weighted by molar-refractivity contribution is -0.221. The second kappa shape index (κ2) is 17.5. The van der Waals surface area contributed by atoms with E-state index in [4.69, 9.17) is 19.2 Å². The third kappa shape index (κ3) is 9.54. The Morgan fingerprint density at radius 2 is 1.49 bits per heavy atom. The number of carbonyl (C=O) groups is 2. The van der Waals surface area contributed by atoms with Gasteiger partial charge in [-0.1, -0.05) is 67.1 Å². The van der Waals surface area contributed by atoms with E-state index >= 15 is 0 Å². The molecule has 4 atom stereocenters. The molecule has 0 bridgehead atoms. The van der Waals surface area contributed by atoms with E-state index in [2.05, 4.69) is 40.9 Å². The number of alkyl halides is 6. The molecule has 314 valence electrons. The van der Waals surface area contributed by atoms with Crippen LogP contribution < -0.4 is 10.6 Å². The van der Waals surface area contributed by atoms with Crippen molar-refractivity contribution >= 4 is 34.9 Å². The first-order valence-corrected chi connectivity index (χ1v) is 18.8. The molecule has 2 aliphatic heterocycles. The maximum Gasteiger partial charge on any atom is 0.490 e. The Morgan fingerprint density at radius 1 is 0.864 bits per heavy atom. The second-order valence-corrected chi connectivity index (χ2v) is 13.8. The van der Waals surface area contributed by atoms with Gasteiger partial charge in [-0.2, -0.15) is 41.1 Å². The van der Waals surface area contributed by atoms with E-state index in [-0.39, 0.29) is 41.9 Å². The number of imidazole rings is 1. The zero-order chi connectivity index (χ0) is 41.7. The quantitative estimate of drug-likeness (QED) is 0.110. The van der Waals surface area contributed by atoms with Crippen molar-refractivity contribution in [2.45, 2.75) is 75.5 Å². The van der Waals surface area contributed by atoms with E-state index in [1.165, 1.54) is 0 Å². The molecule has 0 amide bonds. The molecule has 16 nitrogen and oxygen atoms in total. The number of tetrazole rings is 1. The summed E-state index contributed by atoms with van der Waals surface area (Å²) >= 11 is 0. The maximum absolute atomic E-state index is 13.7. The highest BCUT2D eigenvalue weighted by Crippen LogP contribution is 2.44. The van der Waals surface area contributed by atoms with Crippen molar-refractivity contribution in [1.29, 1.82) is 0 Å². The molecule has 2 aliphatic rings. The molecule has 0 unspecified atom stereocenters. The molecule has 5 aromatic rings. The van der Waals surface area contributed by atoms with Crippen LogP contribution in [-0.2, 0) is 30.3 Å². The van der Waals surface area contributed by atoms with E-state index in [9.17, 15) is 35.9 Å². The number of halogens is 6. The number of carbonyl (C=O) groups excluding carboxylic acids is 2. The van der Waals surface area contributed by atoms with Crippen molar-refractivity contribution in [3.8, 4) is 0 Å². The number of nitrogens with one attached hydrogen (secondary N) is 2. The van der Waals surface area contributed by atoms with Gasteiger partial charge in [0.1, 0.15) is 0 Å². The predicted octanol–water partition coefficient (Wildman–Crippen LogP) is 5.19. The Labute approximate surface area is 332 Å². The van der Waals surface area contributed by atoms with Gasteiger partial charge in [0.25, 0.3) is 0 Å². The van der Waals surface area contributed by atoms with E-state index in [1.54, 1.807) is 6.92 Å². The average molecular weight is 832 g/mol. The Balaban J connectivity index is 1.30. The minimum Gasteiger partial charge on any atom is -0.448 e. The largest absolute Gasteiger partial charge is 0.490 e. The lowest BCUT2D eigenvalue weighted by atomic mass is 9.91. The van der Waals surface area contributed by atoms with Crippen LogP contribution in [0.15, 0.2) is 67.0 Å². The molecule has 2 aromatic carbocycles. The summed E-state index contributed by atoms with van der Waals surface area (Å²) in [5.74, 6) is -5.97. The summed E-state index contributed by atoms with van der Waals surface area (Å²) in [5.41, 5.74) is 1.96. The number of rotatable bonds is 14. The summed E-state index contributed by atoms with van der Waals surface area (Å²) in [7, 11) is 0. The molecular weight excluding hydrogens is 792 g/mol. The van der Waals surface area contributed by atoms with Crippen LogP contribution in [0.5, 0.6) is 0 Å². The third-order valence-electron chi connectivity index (χ3n) is 9.88. The SMILES string of the molecule is CCn1nnc([C@H]2O[C@@H](n3cnc4c(NCC(c5ccccc5)c5ccccc5)nc(NCCN5CCCCC5)nc43)[C@H](OC(=O)C(F)(F)F)[C@H]2OC(=O)C(F)(F)F)n1. The van der Waals surface area contributed by atoms with Gasteiger partial charge in [-0.05, 0) is 49.2 Å². The highest BCUT2D eigenvalue weighted by atomic mass is 19.4. The number of hydrogen-bond donors (Lipinski definition) is 2. The van der Waals surface area contributed by atoms with Crippen LogP contribution in [0.25, 0.3) is 11.2 Å². The maximum atomic E-state index is 13.7. The van der Waals surface area contributed by atoms with Crippen LogP contribution in [0.2, 0.25) is 0 Å². The molecule has 2 saturated heterocycles. The Kier molecular flexibility index (Phi) is 12.3. The molecule has 22 heteroatoms. The Hall–Kier alpha value is -5.90. The summed E-state index contributed by atoms with van der Waals surface area (Å²) in [6, 6.07) is 19.3. The van der Waals surface area contributed by atoms with Gasteiger partial charge in [-0.15, -0.1) is 10.2 Å². The Bertz CT molecular complexity index is 2160. The molecule has 0 spiro atoms. The fourth-order valence-electron chi connectivity index (χ4n) is 7.02. The number of anilines is 2. The van der Waals surface area contributed by atoms with Gasteiger partial charge in [-0.3, -0.25) is 4.57 Å². The van der Waals surface area contributed by atoms with Crippen LogP contribution in [0.4, 0.5) is 38.1 Å². The highest BCUT2D eigenvalue weighted by Gasteiger charge is 2.57. The van der Waals surface area contributed by atoms with Crippen molar-refractivity contribution in [2.75, 3.05) is 43.4 Å². The number of hydrogen-bond acceptors (Lipinski definition) is 14. The minimum atomic E-state index is -5.61. The number of piperidine rings is 1. The van der Waals surface area contributed by atoms with Crippen molar-refractivity contribution in [3.05, 3.63) is 83.9 Å². The zero-order valence-electron chi connectivity index (χ0n) is 31.4. The van der Waals surface area contributed by atoms with Crippen LogP contribution in [0.1, 0.15) is 61.4 Å².